The minimum absolute atomic E-state index is 0.274. The molecule has 1 aromatic carbocycles. The zero-order valence-corrected chi connectivity index (χ0v) is 14.1. The Morgan fingerprint density at radius 1 is 1.12 bits per heavy atom. The van der Waals surface area contributed by atoms with E-state index < -0.39 is 33.1 Å². The summed E-state index contributed by atoms with van der Waals surface area (Å²) in [5.74, 6) is -2.56. The third-order valence-corrected chi connectivity index (χ3v) is 2.49. The van der Waals surface area contributed by atoms with E-state index in [1.54, 1.807) is 20.8 Å². The van der Waals surface area contributed by atoms with Crippen molar-refractivity contribution < 1.29 is 29.0 Å². The summed E-state index contributed by atoms with van der Waals surface area (Å²) >= 11 is 0. The SMILES string of the molecule is CC(=O)C(C=O)C(=O)OC(C)(C)C.O=[N+]([O-])c1cccc([N+](=O)[O-])c1. The lowest BCUT2D eigenvalue weighted by molar-refractivity contribution is -0.394. The van der Waals surface area contributed by atoms with Crippen LogP contribution in [0.25, 0.3) is 0 Å². The monoisotopic (exact) mass is 354 g/mol. The maximum absolute atomic E-state index is 11.2. The fourth-order valence-corrected chi connectivity index (χ4v) is 1.40. The first-order chi connectivity index (χ1) is 11.4. The smallest absolute Gasteiger partial charge is 0.324 e. The van der Waals surface area contributed by atoms with Gasteiger partial charge in [0.05, 0.1) is 15.9 Å². The normalized spacial score (nSPS) is 11.4. The third kappa shape index (κ3) is 8.30. The topological polar surface area (TPSA) is 147 Å². The minimum Gasteiger partial charge on any atom is -0.459 e. The number of esters is 1. The van der Waals surface area contributed by atoms with E-state index in [1.807, 2.05) is 0 Å². The Morgan fingerprint density at radius 3 is 1.84 bits per heavy atom. The Hall–Kier alpha value is -3.17. The quantitative estimate of drug-likeness (QED) is 0.257. The first kappa shape index (κ1) is 21.8. The van der Waals surface area contributed by atoms with Crippen LogP contribution in [0.1, 0.15) is 27.7 Å². The van der Waals surface area contributed by atoms with Gasteiger partial charge in [-0.05, 0) is 33.8 Å². The van der Waals surface area contributed by atoms with E-state index in [-0.39, 0.29) is 11.4 Å². The molecule has 0 saturated carbocycles. The summed E-state index contributed by atoms with van der Waals surface area (Å²) in [5, 5.41) is 20.3. The third-order valence-electron chi connectivity index (χ3n) is 2.49. The Balaban J connectivity index is 0.000000462. The average molecular weight is 354 g/mol. The summed E-state index contributed by atoms with van der Waals surface area (Å²) < 4.78 is 4.86. The molecule has 1 rings (SSSR count). The van der Waals surface area contributed by atoms with Crippen LogP contribution >= 0.6 is 0 Å². The molecule has 0 aromatic heterocycles. The highest BCUT2D eigenvalue weighted by molar-refractivity contribution is 6.09. The maximum atomic E-state index is 11.2. The summed E-state index contributed by atoms with van der Waals surface area (Å²) in [7, 11) is 0. The van der Waals surface area contributed by atoms with Crippen molar-refractivity contribution in [2.24, 2.45) is 5.92 Å². The average Bonchev–Trinajstić information content (AvgIpc) is 2.46. The molecule has 1 aromatic rings. The molecule has 0 radical (unpaired) electrons. The van der Waals surface area contributed by atoms with Gasteiger partial charge in [0.1, 0.15) is 11.9 Å². The van der Waals surface area contributed by atoms with Crippen LogP contribution in [0, 0.1) is 26.1 Å². The summed E-state index contributed by atoms with van der Waals surface area (Å²) in [4.78, 5) is 51.2. The number of nitrogens with zero attached hydrogens (tertiary/aromatic N) is 2. The number of rotatable bonds is 5. The summed E-state index contributed by atoms with van der Waals surface area (Å²) in [6.45, 7) is 6.20. The van der Waals surface area contributed by atoms with Gasteiger partial charge in [0.15, 0.2) is 11.7 Å². The Bertz CT molecular complexity index is 649. The van der Waals surface area contributed by atoms with Crippen LogP contribution in [0.4, 0.5) is 11.4 Å². The van der Waals surface area contributed by atoms with Gasteiger partial charge in [0, 0.05) is 12.1 Å². The fourth-order valence-electron chi connectivity index (χ4n) is 1.40. The minimum atomic E-state index is -1.28. The zero-order chi connectivity index (χ0) is 19.8. The molecule has 0 N–H and O–H groups in total. The summed E-state index contributed by atoms with van der Waals surface area (Å²) in [6.07, 6.45) is 0.302. The van der Waals surface area contributed by atoms with E-state index in [2.05, 4.69) is 0 Å². The van der Waals surface area contributed by atoms with Crippen LogP contribution in [-0.4, -0.2) is 33.5 Å². The predicted octanol–water partition coefficient (Wildman–Crippen LogP) is 2.24. The number of non-ortho nitro benzene ring substituents is 2. The van der Waals surface area contributed by atoms with Gasteiger partial charge in [-0.25, -0.2) is 0 Å². The van der Waals surface area contributed by atoms with Gasteiger partial charge in [-0.15, -0.1) is 0 Å². The summed E-state index contributed by atoms with van der Waals surface area (Å²) in [5.41, 5.74) is -1.22. The first-order valence-corrected chi connectivity index (χ1v) is 6.96. The molecular formula is C15H18N2O8. The fraction of sp³-hybridized carbons (Fsp3) is 0.400. The van der Waals surface area contributed by atoms with Crippen molar-refractivity contribution in [1.29, 1.82) is 0 Å². The second kappa shape index (κ2) is 9.21. The van der Waals surface area contributed by atoms with E-state index in [0.717, 1.165) is 6.07 Å². The van der Waals surface area contributed by atoms with Crippen LogP contribution in [-0.2, 0) is 19.1 Å². The Kier molecular flexibility index (Phi) is 8.04. The Morgan fingerprint density at radius 2 is 1.56 bits per heavy atom. The Labute approximate surface area is 143 Å². The lowest BCUT2D eigenvalue weighted by Crippen LogP contribution is -2.32. The van der Waals surface area contributed by atoms with Gasteiger partial charge in [0.25, 0.3) is 11.4 Å². The number of aldehydes is 1. The number of Topliss-reactive ketones (excluding diaryl/α,β-unsaturated/α-hetero) is 1. The molecule has 0 amide bonds. The number of hydrogen-bond donors (Lipinski definition) is 0. The molecule has 0 fully saturated rings. The van der Waals surface area contributed by atoms with E-state index in [9.17, 15) is 34.6 Å². The molecule has 0 spiro atoms. The molecule has 0 bridgehead atoms. The molecule has 0 aliphatic carbocycles. The molecule has 0 saturated heterocycles. The van der Waals surface area contributed by atoms with Crippen LogP contribution in [0.5, 0.6) is 0 Å². The van der Waals surface area contributed by atoms with Crippen LogP contribution < -0.4 is 0 Å². The van der Waals surface area contributed by atoms with Crippen molar-refractivity contribution in [3.63, 3.8) is 0 Å². The van der Waals surface area contributed by atoms with Crippen molar-refractivity contribution >= 4 is 29.4 Å². The standard InChI is InChI=1S/C9H14O4.C6H4N2O4/c1-6(11)7(5-10)8(12)13-9(2,3)4;9-7(10)5-2-1-3-6(4-5)8(11)12/h5,7H,1-4H3;1-4H. The largest absolute Gasteiger partial charge is 0.459 e. The molecule has 10 nitrogen and oxygen atoms in total. The lowest BCUT2D eigenvalue weighted by atomic mass is 10.1. The van der Waals surface area contributed by atoms with Crippen molar-refractivity contribution in [3.8, 4) is 0 Å². The van der Waals surface area contributed by atoms with Gasteiger partial charge in [-0.3, -0.25) is 29.8 Å². The second-order valence-electron chi connectivity index (χ2n) is 5.79. The molecular weight excluding hydrogens is 336 g/mol. The van der Waals surface area contributed by atoms with Crippen LogP contribution in [0.2, 0.25) is 0 Å². The van der Waals surface area contributed by atoms with Gasteiger partial charge in [0.2, 0.25) is 0 Å². The molecule has 0 aliphatic rings. The van der Waals surface area contributed by atoms with Crippen molar-refractivity contribution in [3.05, 3.63) is 44.5 Å². The van der Waals surface area contributed by atoms with E-state index in [1.165, 1.54) is 25.1 Å². The van der Waals surface area contributed by atoms with E-state index >= 15 is 0 Å². The molecule has 25 heavy (non-hydrogen) atoms. The molecule has 0 heterocycles. The molecule has 10 heteroatoms. The second-order valence-corrected chi connectivity index (χ2v) is 5.79. The van der Waals surface area contributed by atoms with Gasteiger partial charge >= 0.3 is 5.97 Å². The number of hydrogen-bond acceptors (Lipinski definition) is 8. The number of ether oxygens (including phenoxy) is 1. The van der Waals surface area contributed by atoms with Gasteiger partial charge in [-0.1, -0.05) is 0 Å². The highest BCUT2D eigenvalue weighted by Crippen LogP contribution is 2.18. The number of nitro benzene ring substituents is 2. The summed E-state index contributed by atoms with van der Waals surface area (Å²) in [6, 6.07) is 4.59. The number of ketones is 1. The zero-order valence-electron chi connectivity index (χ0n) is 14.1. The lowest BCUT2D eigenvalue weighted by Gasteiger charge is -2.20. The number of carbonyl (C=O) groups is 3. The van der Waals surface area contributed by atoms with E-state index in [0.29, 0.717) is 6.29 Å². The molecule has 1 unspecified atom stereocenters. The maximum Gasteiger partial charge on any atom is 0.324 e. The first-order valence-electron chi connectivity index (χ1n) is 6.96. The van der Waals surface area contributed by atoms with Crippen molar-refractivity contribution in [2.75, 3.05) is 0 Å². The molecule has 1 atom stereocenters. The molecule has 0 aliphatic heterocycles. The number of carbonyl (C=O) groups excluding carboxylic acids is 3. The molecule has 136 valence electrons. The van der Waals surface area contributed by atoms with E-state index in [4.69, 9.17) is 4.74 Å². The van der Waals surface area contributed by atoms with Crippen LogP contribution in [0.3, 0.4) is 0 Å². The highest BCUT2D eigenvalue weighted by atomic mass is 16.6. The number of benzene rings is 1. The predicted molar refractivity (Wildman–Crippen MR) is 85.8 cm³/mol. The van der Waals surface area contributed by atoms with Gasteiger partial charge < -0.3 is 9.53 Å². The van der Waals surface area contributed by atoms with Crippen molar-refractivity contribution in [1.82, 2.24) is 0 Å². The van der Waals surface area contributed by atoms with Crippen LogP contribution in [0.15, 0.2) is 24.3 Å². The number of nitro groups is 2. The van der Waals surface area contributed by atoms with Crippen molar-refractivity contribution in [2.45, 2.75) is 33.3 Å². The highest BCUT2D eigenvalue weighted by Gasteiger charge is 2.28. The van der Waals surface area contributed by atoms with Gasteiger partial charge in [-0.2, -0.15) is 0 Å².